The van der Waals surface area contributed by atoms with E-state index in [1.165, 1.54) is 41.4 Å². The Morgan fingerprint density at radius 2 is 2.17 bits per heavy atom. The number of piperidine rings is 1. The number of halogens is 2. The van der Waals surface area contributed by atoms with Crippen LogP contribution in [0.5, 0.6) is 0 Å². The molecule has 1 aliphatic heterocycles. The number of aromatic nitrogens is 1. The summed E-state index contributed by atoms with van der Waals surface area (Å²) in [6.45, 7) is 1.17. The second kappa shape index (κ2) is 4.09. The second-order valence-corrected chi connectivity index (χ2v) is 6.99. The summed E-state index contributed by atoms with van der Waals surface area (Å²) in [6.07, 6.45) is 5.94. The summed E-state index contributed by atoms with van der Waals surface area (Å²) in [4.78, 5) is 3.43. The molecule has 18 heavy (non-hydrogen) atoms. The third-order valence-corrected chi connectivity index (χ3v) is 6.37. The summed E-state index contributed by atoms with van der Waals surface area (Å²) in [5, 5.41) is 5.14. The summed E-state index contributed by atoms with van der Waals surface area (Å²) >= 11 is 7.35. The van der Waals surface area contributed by atoms with Gasteiger partial charge >= 0.3 is 0 Å². The van der Waals surface area contributed by atoms with E-state index >= 15 is 0 Å². The Bertz CT molecular complexity index is 632. The lowest BCUT2D eigenvalue weighted by Gasteiger charge is -2.37. The molecule has 2 N–H and O–H groups in total. The molecule has 0 bridgehead atoms. The SMILES string of the molecule is Brc1cc2c3c(c[nH]c3c1Br)C[C@H]1NCCC[C@H]21. The first kappa shape index (κ1) is 11.5. The lowest BCUT2D eigenvalue weighted by atomic mass is 9.76. The lowest BCUT2D eigenvalue weighted by molar-refractivity contribution is 0.345. The highest BCUT2D eigenvalue weighted by Crippen LogP contribution is 2.44. The topological polar surface area (TPSA) is 27.8 Å². The fourth-order valence-corrected chi connectivity index (χ4v) is 4.46. The number of hydrogen-bond donors (Lipinski definition) is 2. The normalized spacial score (nSPS) is 26.3. The fourth-order valence-electron chi connectivity index (χ4n) is 3.59. The van der Waals surface area contributed by atoms with Crippen molar-refractivity contribution in [2.45, 2.75) is 31.2 Å². The quantitative estimate of drug-likeness (QED) is 0.719. The standard InChI is InChI=1S/C14H14Br2N2/c15-10-5-9-8-2-1-3-17-11(8)4-7-6-18-14(12(7)9)13(10)16/h5-6,8,11,17-18H,1-4H2/t8-,11-/m1/s1. The van der Waals surface area contributed by atoms with Gasteiger partial charge in [0.25, 0.3) is 0 Å². The van der Waals surface area contributed by atoms with Gasteiger partial charge in [-0.1, -0.05) is 0 Å². The van der Waals surface area contributed by atoms with Gasteiger partial charge in [-0.2, -0.15) is 0 Å². The number of fused-ring (bicyclic) bond motifs is 2. The monoisotopic (exact) mass is 368 g/mol. The zero-order valence-electron chi connectivity index (χ0n) is 9.89. The smallest absolute Gasteiger partial charge is 0.0615 e. The van der Waals surface area contributed by atoms with Crippen LogP contribution < -0.4 is 5.32 Å². The molecular formula is C14H14Br2N2. The summed E-state index contributed by atoms with van der Waals surface area (Å²) in [5.41, 5.74) is 4.22. The Balaban J connectivity index is 2.02. The average Bonchev–Trinajstić information content (AvgIpc) is 2.80. The molecule has 0 saturated carbocycles. The predicted molar refractivity (Wildman–Crippen MR) is 81.2 cm³/mol. The maximum Gasteiger partial charge on any atom is 0.0615 e. The highest BCUT2D eigenvalue weighted by molar-refractivity contribution is 9.13. The Hall–Kier alpha value is -0.320. The van der Waals surface area contributed by atoms with Crippen molar-refractivity contribution in [3.8, 4) is 0 Å². The summed E-state index contributed by atoms with van der Waals surface area (Å²) in [5.74, 6) is 0.675. The van der Waals surface area contributed by atoms with Crippen molar-refractivity contribution >= 4 is 42.8 Å². The maximum absolute atomic E-state index is 3.69. The van der Waals surface area contributed by atoms with Gasteiger partial charge in [0.05, 0.1) is 9.99 Å². The van der Waals surface area contributed by atoms with Gasteiger partial charge in [-0.15, -0.1) is 0 Å². The van der Waals surface area contributed by atoms with E-state index in [2.05, 4.69) is 54.4 Å². The van der Waals surface area contributed by atoms with Gasteiger partial charge in [-0.25, -0.2) is 0 Å². The van der Waals surface area contributed by atoms with Crippen molar-refractivity contribution in [1.29, 1.82) is 0 Å². The minimum absolute atomic E-state index is 0.623. The van der Waals surface area contributed by atoms with Crippen molar-refractivity contribution in [2.24, 2.45) is 0 Å². The zero-order valence-corrected chi connectivity index (χ0v) is 13.1. The van der Waals surface area contributed by atoms with E-state index in [0.717, 1.165) is 15.4 Å². The van der Waals surface area contributed by atoms with Gasteiger partial charge < -0.3 is 10.3 Å². The predicted octanol–water partition coefficient (Wildman–Crippen LogP) is 4.08. The van der Waals surface area contributed by atoms with Crippen molar-refractivity contribution < 1.29 is 0 Å². The molecule has 2 aliphatic rings. The van der Waals surface area contributed by atoms with Gasteiger partial charge in [-0.05, 0) is 74.9 Å². The van der Waals surface area contributed by atoms with Crippen molar-refractivity contribution in [1.82, 2.24) is 10.3 Å². The van der Waals surface area contributed by atoms with Gasteiger partial charge in [0, 0.05) is 28.0 Å². The molecule has 1 aromatic carbocycles. The third-order valence-electron chi connectivity index (χ3n) is 4.39. The van der Waals surface area contributed by atoms with E-state index in [4.69, 9.17) is 0 Å². The highest BCUT2D eigenvalue weighted by Gasteiger charge is 2.33. The van der Waals surface area contributed by atoms with Crippen LogP contribution in [0.1, 0.15) is 29.9 Å². The molecule has 1 aliphatic carbocycles. The number of nitrogens with one attached hydrogen (secondary N) is 2. The maximum atomic E-state index is 3.69. The molecule has 0 amide bonds. The Labute approximate surface area is 123 Å². The van der Waals surface area contributed by atoms with Gasteiger partial charge in [0.2, 0.25) is 0 Å². The van der Waals surface area contributed by atoms with Crippen LogP contribution in [0.15, 0.2) is 21.2 Å². The van der Waals surface area contributed by atoms with Crippen LogP contribution in [0.25, 0.3) is 10.9 Å². The van der Waals surface area contributed by atoms with Crippen LogP contribution in [0, 0.1) is 0 Å². The summed E-state index contributed by atoms with van der Waals surface area (Å²) in [6, 6.07) is 2.94. The lowest BCUT2D eigenvalue weighted by Crippen LogP contribution is -2.43. The van der Waals surface area contributed by atoms with Gasteiger partial charge in [-0.3, -0.25) is 0 Å². The van der Waals surface area contributed by atoms with Crippen LogP contribution in [0.4, 0.5) is 0 Å². The van der Waals surface area contributed by atoms with Crippen LogP contribution in [0.3, 0.4) is 0 Å². The van der Waals surface area contributed by atoms with E-state index in [1.807, 2.05) is 0 Å². The number of benzene rings is 1. The Morgan fingerprint density at radius 3 is 3.06 bits per heavy atom. The number of hydrogen-bond acceptors (Lipinski definition) is 1. The molecule has 0 radical (unpaired) electrons. The molecule has 2 atom stereocenters. The average molecular weight is 370 g/mol. The summed E-state index contributed by atoms with van der Waals surface area (Å²) < 4.78 is 2.30. The van der Waals surface area contributed by atoms with Gasteiger partial charge in [0.15, 0.2) is 0 Å². The van der Waals surface area contributed by atoms with E-state index in [-0.39, 0.29) is 0 Å². The first-order valence-corrected chi connectivity index (χ1v) is 8.05. The van der Waals surface area contributed by atoms with Crippen molar-refractivity contribution in [3.05, 3.63) is 32.3 Å². The fraction of sp³-hybridized carbons (Fsp3) is 0.429. The molecule has 4 heteroatoms. The third kappa shape index (κ3) is 1.49. The van der Waals surface area contributed by atoms with E-state index in [0.29, 0.717) is 12.0 Å². The molecule has 0 unspecified atom stereocenters. The number of H-pyrrole nitrogens is 1. The molecule has 0 spiro atoms. The first-order chi connectivity index (χ1) is 8.75. The Morgan fingerprint density at radius 1 is 1.28 bits per heavy atom. The molecule has 94 valence electrons. The van der Waals surface area contributed by atoms with E-state index in [9.17, 15) is 0 Å². The summed E-state index contributed by atoms with van der Waals surface area (Å²) in [7, 11) is 0. The molecule has 2 aromatic rings. The van der Waals surface area contributed by atoms with Crippen molar-refractivity contribution in [2.75, 3.05) is 6.54 Å². The minimum atomic E-state index is 0.623. The van der Waals surface area contributed by atoms with E-state index < -0.39 is 0 Å². The molecule has 1 aromatic heterocycles. The first-order valence-electron chi connectivity index (χ1n) is 6.47. The molecule has 1 fully saturated rings. The minimum Gasteiger partial charge on any atom is -0.360 e. The van der Waals surface area contributed by atoms with Crippen LogP contribution in [0.2, 0.25) is 0 Å². The number of rotatable bonds is 0. The largest absolute Gasteiger partial charge is 0.360 e. The van der Waals surface area contributed by atoms with E-state index in [1.54, 1.807) is 0 Å². The van der Waals surface area contributed by atoms with Crippen LogP contribution in [-0.4, -0.2) is 17.6 Å². The zero-order chi connectivity index (χ0) is 12.3. The van der Waals surface area contributed by atoms with Crippen LogP contribution >= 0.6 is 31.9 Å². The van der Waals surface area contributed by atoms with Crippen molar-refractivity contribution in [3.63, 3.8) is 0 Å². The highest BCUT2D eigenvalue weighted by atomic mass is 79.9. The molecule has 1 saturated heterocycles. The second-order valence-electron chi connectivity index (χ2n) is 5.34. The molecule has 2 heterocycles. The van der Waals surface area contributed by atoms with Gasteiger partial charge in [0.1, 0.15) is 0 Å². The van der Waals surface area contributed by atoms with Crippen LogP contribution in [-0.2, 0) is 6.42 Å². The molecule has 2 nitrogen and oxygen atoms in total. The Kier molecular flexibility index (Phi) is 2.61. The molecular weight excluding hydrogens is 356 g/mol. The molecule has 4 rings (SSSR count). The number of aromatic amines is 1.